The van der Waals surface area contributed by atoms with Gasteiger partial charge >= 0.3 is 6.61 Å². The molecule has 0 N–H and O–H groups in total. The number of nitrogens with zero attached hydrogens (tertiary/aromatic N) is 1. The predicted octanol–water partition coefficient (Wildman–Crippen LogP) is 2.19. The number of carbonyl (C=O) groups excluding carboxylic acids is 2. The average molecular weight is 281 g/mol. The van der Waals surface area contributed by atoms with Gasteiger partial charge < -0.3 is 9.64 Å². The summed E-state index contributed by atoms with van der Waals surface area (Å²) >= 11 is 0. The summed E-state index contributed by atoms with van der Waals surface area (Å²) in [6, 6.07) is 4.07. The Morgan fingerprint density at radius 1 is 1.35 bits per heavy atom. The Morgan fingerprint density at radius 3 is 2.80 bits per heavy atom. The number of alkyl halides is 2. The number of carbonyl (C=O) groups is 2. The van der Waals surface area contributed by atoms with Crippen molar-refractivity contribution in [3.05, 3.63) is 29.3 Å². The van der Waals surface area contributed by atoms with Gasteiger partial charge in [-0.3, -0.25) is 9.59 Å². The van der Waals surface area contributed by atoms with Gasteiger partial charge in [0.25, 0.3) is 5.91 Å². The number of amides is 1. The number of benzene rings is 1. The summed E-state index contributed by atoms with van der Waals surface area (Å²) in [5.41, 5.74) is 0.795. The Morgan fingerprint density at radius 2 is 2.10 bits per heavy atom. The Labute approximate surface area is 114 Å². The maximum atomic E-state index is 12.5. The number of halogens is 2. The average Bonchev–Trinajstić information content (AvgIpc) is 2.73. The Kier molecular flexibility index (Phi) is 2.96. The second-order valence-corrected chi connectivity index (χ2v) is 5.13. The van der Waals surface area contributed by atoms with Crippen LogP contribution in [0.15, 0.2) is 18.2 Å². The van der Waals surface area contributed by atoms with Gasteiger partial charge in [0.1, 0.15) is 5.75 Å². The molecule has 1 heterocycles. The monoisotopic (exact) mass is 281 g/mol. The first-order valence-electron chi connectivity index (χ1n) is 6.36. The van der Waals surface area contributed by atoms with E-state index in [4.69, 9.17) is 0 Å². The molecule has 1 aliphatic carbocycles. The molecule has 0 unspecified atom stereocenters. The minimum absolute atomic E-state index is 0.000370. The quantitative estimate of drug-likeness (QED) is 0.834. The van der Waals surface area contributed by atoms with Crippen LogP contribution in [0, 0.1) is 0 Å². The Bertz CT molecular complexity index is 588. The summed E-state index contributed by atoms with van der Waals surface area (Å²) < 4.78 is 29.5. The number of ketones is 1. The normalized spacial score (nSPS) is 24.9. The van der Waals surface area contributed by atoms with Gasteiger partial charge in [0.2, 0.25) is 0 Å². The molecule has 6 heteroatoms. The lowest BCUT2D eigenvalue weighted by Crippen LogP contribution is -2.39. The van der Waals surface area contributed by atoms with Crippen molar-refractivity contribution in [3.8, 4) is 5.75 Å². The van der Waals surface area contributed by atoms with E-state index < -0.39 is 12.7 Å². The maximum Gasteiger partial charge on any atom is 0.387 e. The van der Waals surface area contributed by atoms with E-state index in [1.165, 1.54) is 17.0 Å². The van der Waals surface area contributed by atoms with Crippen LogP contribution in [-0.2, 0) is 4.79 Å². The van der Waals surface area contributed by atoms with E-state index in [0.29, 0.717) is 17.5 Å². The molecule has 1 saturated carbocycles. The van der Waals surface area contributed by atoms with Crippen LogP contribution in [0.1, 0.15) is 34.7 Å². The molecule has 0 spiro atoms. The van der Waals surface area contributed by atoms with Crippen LogP contribution >= 0.6 is 0 Å². The summed E-state index contributed by atoms with van der Waals surface area (Å²) in [7, 11) is 1.57. The molecule has 2 bridgehead atoms. The van der Waals surface area contributed by atoms with Crippen molar-refractivity contribution in [2.75, 3.05) is 7.05 Å². The van der Waals surface area contributed by atoms with Crippen LogP contribution in [0.4, 0.5) is 8.78 Å². The molecule has 20 heavy (non-hydrogen) atoms. The van der Waals surface area contributed by atoms with Crippen molar-refractivity contribution >= 4 is 11.7 Å². The van der Waals surface area contributed by atoms with Gasteiger partial charge in [-0.2, -0.15) is 8.78 Å². The molecule has 1 fully saturated rings. The second-order valence-electron chi connectivity index (χ2n) is 5.13. The highest BCUT2D eigenvalue weighted by Gasteiger charge is 2.44. The van der Waals surface area contributed by atoms with E-state index in [0.717, 1.165) is 0 Å². The van der Waals surface area contributed by atoms with Crippen LogP contribution in [0.25, 0.3) is 0 Å². The number of rotatable bonds is 2. The number of Topliss-reactive ketones (excluding diaryl/α,β-unsaturated/α-hetero) is 1. The fourth-order valence-corrected chi connectivity index (χ4v) is 3.14. The first-order valence-corrected chi connectivity index (χ1v) is 6.36. The van der Waals surface area contributed by atoms with Gasteiger partial charge in [-0.1, -0.05) is 6.07 Å². The van der Waals surface area contributed by atoms with E-state index in [2.05, 4.69) is 4.74 Å². The zero-order valence-electron chi connectivity index (χ0n) is 10.8. The van der Waals surface area contributed by atoms with Crippen LogP contribution in [-0.4, -0.2) is 36.3 Å². The van der Waals surface area contributed by atoms with Gasteiger partial charge in [0.05, 0.1) is 6.04 Å². The number of hydrogen-bond acceptors (Lipinski definition) is 3. The number of ether oxygens (including phenoxy) is 1. The summed E-state index contributed by atoms with van der Waals surface area (Å²) in [4.78, 5) is 25.7. The highest BCUT2D eigenvalue weighted by Crippen LogP contribution is 2.44. The highest BCUT2D eigenvalue weighted by molar-refractivity contribution is 6.02. The maximum absolute atomic E-state index is 12.5. The summed E-state index contributed by atoms with van der Waals surface area (Å²) in [5, 5.41) is 0. The van der Waals surface area contributed by atoms with Crippen molar-refractivity contribution in [2.24, 2.45) is 0 Å². The molecule has 4 nitrogen and oxygen atoms in total. The zero-order valence-corrected chi connectivity index (χ0v) is 10.8. The third-order valence-electron chi connectivity index (χ3n) is 4.04. The first-order chi connectivity index (χ1) is 9.49. The van der Waals surface area contributed by atoms with Crippen molar-refractivity contribution in [3.63, 3.8) is 0 Å². The standard InChI is InChI=1S/C14H13F2NO3/c1-17-9-5-7(6-10(9)18)12-8(13(17)19)3-2-4-11(12)20-14(15)16/h2-4,7,9,14H,5-6H2,1H3/t7-,9+/m1/s1. The van der Waals surface area contributed by atoms with Crippen LogP contribution in [0.5, 0.6) is 5.75 Å². The molecule has 0 saturated heterocycles. The minimum Gasteiger partial charge on any atom is -0.435 e. The number of fused-ring (bicyclic) bond motifs is 4. The van der Waals surface area contributed by atoms with E-state index in [9.17, 15) is 18.4 Å². The van der Waals surface area contributed by atoms with E-state index >= 15 is 0 Å². The predicted molar refractivity (Wildman–Crippen MR) is 65.9 cm³/mol. The summed E-state index contributed by atoms with van der Waals surface area (Å²) in [6.45, 7) is -2.95. The molecule has 1 amide bonds. The second kappa shape index (κ2) is 4.54. The number of likely N-dealkylation sites (N-methyl/N-ethyl adjacent to an activating group) is 1. The van der Waals surface area contributed by atoms with Crippen molar-refractivity contribution in [1.29, 1.82) is 0 Å². The van der Waals surface area contributed by atoms with Crippen molar-refractivity contribution in [2.45, 2.75) is 31.4 Å². The lowest BCUT2D eigenvalue weighted by molar-refractivity contribution is -0.121. The van der Waals surface area contributed by atoms with Crippen LogP contribution < -0.4 is 4.74 Å². The third kappa shape index (κ3) is 1.87. The molecule has 2 atom stereocenters. The minimum atomic E-state index is -2.95. The largest absolute Gasteiger partial charge is 0.435 e. The van der Waals surface area contributed by atoms with E-state index in [1.807, 2.05) is 0 Å². The number of hydrogen-bond donors (Lipinski definition) is 0. The van der Waals surface area contributed by atoms with Crippen LogP contribution in [0.3, 0.4) is 0 Å². The van der Waals surface area contributed by atoms with Gasteiger partial charge in [0.15, 0.2) is 5.78 Å². The molecule has 0 aromatic heterocycles. The molecule has 0 radical (unpaired) electrons. The lowest BCUT2D eigenvalue weighted by Gasteiger charge is -2.23. The fourth-order valence-electron chi connectivity index (χ4n) is 3.14. The van der Waals surface area contributed by atoms with Crippen molar-refractivity contribution in [1.82, 2.24) is 4.90 Å². The fraction of sp³-hybridized carbons (Fsp3) is 0.429. The Balaban J connectivity index is 2.15. The molecular formula is C14H13F2NO3. The topological polar surface area (TPSA) is 46.6 Å². The molecular weight excluding hydrogens is 268 g/mol. The highest BCUT2D eigenvalue weighted by atomic mass is 19.3. The molecule has 1 aromatic rings. The molecule has 106 valence electrons. The van der Waals surface area contributed by atoms with Crippen LogP contribution in [0.2, 0.25) is 0 Å². The van der Waals surface area contributed by atoms with E-state index in [-0.39, 0.29) is 29.8 Å². The molecule has 2 aliphatic rings. The van der Waals surface area contributed by atoms with E-state index in [1.54, 1.807) is 13.1 Å². The molecule has 3 rings (SSSR count). The van der Waals surface area contributed by atoms with Gasteiger partial charge in [0, 0.05) is 24.6 Å². The molecule has 1 aliphatic heterocycles. The molecule has 1 aromatic carbocycles. The smallest absolute Gasteiger partial charge is 0.387 e. The third-order valence-corrected chi connectivity index (χ3v) is 4.04. The zero-order chi connectivity index (χ0) is 14.4. The Hall–Kier alpha value is -1.98. The van der Waals surface area contributed by atoms with Gasteiger partial charge in [-0.15, -0.1) is 0 Å². The lowest BCUT2D eigenvalue weighted by atomic mass is 9.92. The summed E-state index contributed by atoms with van der Waals surface area (Å²) in [6.07, 6.45) is 0.733. The van der Waals surface area contributed by atoms with Gasteiger partial charge in [-0.05, 0) is 24.5 Å². The SMILES string of the molecule is CN1C(=O)c2cccc(OC(F)F)c2[C@H]2CC(=O)[C@@H]1C2. The van der Waals surface area contributed by atoms with Gasteiger partial charge in [-0.25, -0.2) is 0 Å². The van der Waals surface area contributed by atoms with Crippen molar-refractivity contribution < 1.29 is 23.1 Å². The first kappa shape index (κ1) is 13.0. The summed E-state index contributed by atoms with van der Waals surface area (Å²) in [5.74, 6) is -0.574.